The average molecular weight is 366 g/mol. The first-order chi connectivity index (χ1) is 12.2. The molecule has 26 heavy (non-hydrogen) atoms. The Balaban J connectivity index is 1.67. The van der Waals surface area contributed by atoms with Crippen LogP contribution >= 0.6 is 0 Å². The summed E-state index contributed by atoms with van der Waals surface area (Å²) >= 11 is 0. The number of fused-ring (bicyclic) bond motifs is 2. The normalized spacial score (nSPS) is 37.2. The molecule has 0 unspecified atom stereocenters. The maximum absolute atomic E-state index is 13.1. The van der Waals surface area contributed by atoms with Crippen LogP contribution in [0, 0.1) is 5.92 Å². The summed E-state index contributed by atoms with van der Waals surface area (Å²) in [5, 5.41) is 0. The molecule has 4 nitrogen and oxygen atoms in total. The highest BCUT2D eigenvalue weighted by Gasteiger charge is 2.62. The Morgan fingerprint density at radius 1 is 1.04 bits per heavy atom. The number of methoxy groups -OCH3 is 1. The standard InChI is InChI=1S/C22H39NO3/c1-6-21-13-15-22(16-14-21,23(21)19(24)26-20(2,3)4)12-11-17-7-9-18(25-5)10-8-17/h17-18H,6-16H2,1-5H3. The van der Waals surface area contributed by atoms with Crippen molar-refractivity contribution in [2.45, 2.75) is 121 Å². The van der Waals surface area contributed by atoms with E-state index in [2.05, 4.69) is 11.8 Å². The van der Waals surface area contributed by atoms with Gasteiger partial charge >= 0.3 is 6.09 Å². The van der Waals surface area contributed by atoms with Crippen LogP contribution in [0.15, 0.2) is 0 Å². The molecule has 3 rings (SSSR count). The Hall–Kier alpha value is -0.770. The smallest absolute Gasteiger partial charge is 0.411 e. The SMILES string of the molecule is CCC12CCC(CCC3CCC(OC)CC3)(CC1)N2C(=O)OC(C)(C)C. The van der Waals surface area contributed by atoms with E-state index in [4.69, 9.17) is 9.47 Å². The first kappa shape index (κ1) is 20.0. The average Bonchev–Trinajstić information content (AvgIpc) is 3.10. The van der Waals surface area contributed by atoms with Crippen molar-refractivity contribution in [2.75, 3.05) is 7.11 Å². The van der Waals surface area contributed by atoms with Gasteiger partial charge in [-0.25, -0.2) is 4.79 Å². The van der Waals surface area contributed by atoms with E-state index in [9.17, 15) is 4.79 Å². The van der Waals surface area contributed by atoms with Gasteiger partial charge in [0.15, 0.2) is 0 Å². The van der Waals surface area contributed by atoms with E-state index in [-0.39, 0.29) is 17.2 Å². The molecular weight excluding hydrogens is 326 g/mol. The molecule has 4 heteroatoms. The van der Waals surface area contributed by atoms with Crippen LogP contribution < -0.4 is 0 Å². The topological polar surface area (TPSA) is 38.8 Å². The van der Waals surface area contributed by atoms with Crippen LogP contribution in [-0.4, -0.2) is 40.9 Å². The molecule has 0 aromatic heterocycles. The molecule has 2 heterocycles. The highest BCUT2D eigenvalue weighted by atomic mass is 16.6. The molecule has 0 aromatic carbocycles. The third-order valence-electron chi connectivity index (χ3n) is 7.44. The highest BCUT2D eigenvalue weighted by Crippen LogP contribution is 2.57. The van der Waals surface area contributed by atoms with Crippen molar-refractivity contribution in [3.05, 3.63) is 0 Å². The van der Waals surface area contributed by atoms with Gasteiger partial charge in [-0.15, -0.1) is 0 Å². The predicted molar refractivity (Wildman–Crippen MR) is 104 cm³/mol. The quantitative estimate of drug-likeness (QED) is 0.629. The summed E-state index contributed by atoms with van der Waals surface area (Å²) in [7, 11) is 1.84. The van der Waals surface area contributed by atoms with E-state index >= 15 is 0 Å². The third-order valence-corrected chi connectivity index (χ3v) is 7.44. The van der Waals surface area contributed by atoms with Crippen LogP contribution in [0.25, 0.3) is 0 Å². The van der Waals surface area contributed by atoms with E-state index in [0.717, 1.165) is 44.4 Å². The number of rotatable bonds is 5. The summed E-state index contributed by atoms with van der Waals surface area (Å²) in [5.74, 6) is 0.800. The number of hydrogen-bond donors (Lipinski definition) is 0. The number of carbonyl (C=O) groups excluding carboxylic acids is 1. The van der Waals surface area contributed by atoms with E-state index in [1.165, 1.54) is 32.1 Å². The molecule has 1 saturated carbocycles. The van der Waals surface area contributed by atoms with Gasteiger partial charge < -0.3 is 9.47 Å². The van der Waals surface area contributed by atoms with Gasteiger partial charge in [0.25, 0.3) is 0 Å². The second-order valence-electron chi connectivity index (χ2n) is 10.0. The van der Waals surface area contributed by atoms with Crippen LogP contribution in [-0.2, 0) is 9.47 Å². The van der Waals surface area contributed by atoms with Gasteiger partial charge in [-0.2, -0.15) is 0 Å². The molecule has 150 valence electrons. The van der Waals surface area contributed by atoms with Crippen LogP contribution in [0.2, 0.25) is 0 Å². The first-order valence-corrected chi connectivity index (χ1v) is 10.8. The van der Waals surface area contributed by atoms with Gasteiger partial charge in [-0.05, 0) is 97.3 Å². The Labute approximate surface area is 160 Å². The number of nitrogens with zero attached hydrogens (tertiary/aromatic N) is 1. The lowest BCUT2D eigenvalue weighted by molar-refractivity contribution is -0.00760. The molecule has 1 amide bonds. The number of ether oxygens (including phenoxy) is 2. The van der Waals surface area contributed by atoms with Crippen molar-refractivity contribution in [2.24, 2.45) is 5.92 Å². The minimum absolute atomic E-state index is 0.0516. The van der Waals surface area contributed by atoms with E-state index in [1.54, 1.807) is 0 Å². The summed E-state index contributed by atoms with van der Waals surface area (Å²) in [4.78, 5) is 15.3. The van der Waals surface area contributed by atoms with Gasteiger partial charge in [0.2, 0.25) is 0 Å². The monoisotopic (exact) mass is 365 g/mol. The maximum Gasteiger partial charge on any atom is 0.411 e. The summed E-state index contributed by atoms with van der Waals surface area (Å²) in [5.41, 5.74) is -0.319. The minimum Gasteiger partial charge on any atom is -0.444 e. The number of hydrogen-bond acceptors (Lipinski definition) is 3. The largest absolute Gasteiger partial charge is 0.444 e. The molecule has 0 spiro atoms. The predicted octanol–water partition coefficient (Wildman–Crippen LogP) is 5.68. The maximum atomic E-state index is 13.1. The number of amides is 1. The first-order valence-electron chi connectivity index (χ1n) is 10.8. The van der Waals surface area contributed by atoms with Crippen LogP contribution in [0.5, 0.6) is 0 Å². The van der Waals surface area contributed by atoms with Crippen molar-refractivity contribution in [3.63, 3.8) is 0 Å². The highest BCUT2D eigenvalue weighted by molar-refractivity contribution is 5.72. The summed E-state index contributed by atoms with van der Waals surface area (Å²) < 4.78 is 11.4. The zero-order chi connectivity index (χ0) is 19.0. The molecular formula is C22H39NO3. The Kier molecular flexibility index (Phi) is 5.63. The zero-order valence-electron chi connectivity index (χ0n) is 17.6. The molecule has 2 saturated heterocycles. The van der Waals surface area contributed by atoms with E-state index in [0.29, 0.717) is 6.10 Å². The zero-order valence-corrected chi connectivity index (χ0v) is 17.6. The Morgan fingerprint density at radius 3 is 2.12 bits per heavy atom. The van der Waals surface area contributed by atoms with Gasteiger partial charge in [0.05, 0.1) is 6.10 Å². The van der Waals surface area contributed by atoms with Crippen molar-refractivity contribution in [1.29, 1.82) is 0 Å². The lowest BCUT2D eigenvalue weighted by Crippen LogP contribution is -2.52. The van der Waals surface area contributed by atoms with Gasteiger partial charge in [-0.1, -0.05) is 6.92 Å². The Bertz CT molecular complexity index is 494. The summed E-state index contributed by atoms with van der Waals surface area (Å²) in [6, 6.07) is 0. The molecule has 0 radical (unpaired) electrons. The van der Waals surface area contributed by atoms with E-state index < -0.39 is 5.60 Å². The van der Waals surface area contributed by atoms with E-state index in [1.807, 2.05) is 27.9 Å². The minimum atomic E-state index is -0.423. The van der Waals surface area contributed by atoms with Gasteiger partial charge in [0, 0.05) is 18.2 Å². The molecule has 0 aromatic rings. The number of carbonyl (C=O) groups is 1. The van der Waals surface area contributed by atoms with Crippen molar-refractivity contribution in [1.82, 2.24) is 4.90 Å². The molecule has 0 atom stereocenters. The second-order valence-corrected chi connectivity index (χ2v) is 10.0. The Morgan fingerprint density at radius 2 is 1.62 bits per heavy atom. The van der Waals surface area contributed by atoms with Crippen LogP contribution in [0.1, 0.15) is 98.3 Å². The van der Waals surface area contributed by atoms with Crippen molar-refractivity contribution < 1.29 is 14.3 Å². The van der Waals surface area contributed by atoms with Crippen molar-refractivity contribution in [3.8, 4) is 0 Å². The summed E-state index contributed by atoms with van der Waals surface area (Å²) in [6.07, 6.45) is 13.4. The fraction of sp³-hybridized carbons (Fsp3) is 0.955. The molecule has 2 aliphatic heterocycles. The van der Waals surface area contributed by atoms with Gasteiger partial charge in [-0.3, -0.25) is 4.90 Å². The molecule has 1 aliphatic carbocycles. The molecule has 3 aliphatic rings. The molecule has 2 bridgehead atoms. The molecule has 3 fully saturated rings. The summed E-state index contributed by atoms with van der Waals surface area (Å²) in [6.45, 7) is 8.16. The van der Waals surface area contributed by atoms with Gasteiger partial charge in [0.1, 0.15) is 5.60 Å². The lowest BCUT2D eigenvalue weighted by Gasteiger charge is -2.41. The van der Waals surface area contributed by atoms with Crippen molar-refractivity contribution >= 4 is 6.09 Å². The second kappa shape index (κ2) is 7.33. The lowest BCUT2D eigenvalue weighted by atomic mass is 9.76. The van der Waals surface area contributed by atoms with Crippen LogP contribution in [0.3, 0.4) is 0 Å². The third kappa shape index (κ3) is 3.76. The fourth-order valence-electron chi connectivity index (χ4n) is 5.83. The fourth-order valence-corrected chi connectivity index (χ4v) is 5.83. The molecule has 0 N–H and O–H groups in total. The van der Waals surface area contributed by atoms with Crippen LogP contribution in [0.4, 0.5) is 4.79 Å².